The van der Waals surface area contributed by atoms with Crippen LogP contribution in [0.2, 0.25) is 0 Å². The van der Waals surface area contributed by atoms with E-state index in [0.29, 0.717) is 0 Å². The van der Waals surface area contributed by atoms with Crippen LogP contribution in [0.5, 0.6) is 0 Å². The van der Waals surface area contributed by atoms with Crippen molar-refractivity contribution in [1.82, 2.24) is 4.90 Å². The quantitative estimate of drug-likeness (QED) is 0.771. The van der Waals surface area contributed by atoms with Crippen molar-refractivity contribution in [2.75, 3.05) is 13.1 Å². The molecule has 1 aliphatic carbocycles. The largest absolute Gasteiger partial charge is 0.388 e. The van der Waals surface area contributed by atoms with E-state index in [0.717, 1.165) is 24.6 Å². The van der Waals surface area contributed by atoms with Gasteiger partial charge in [0, 0.05) is 12.6 Å². The summed E-state index contributed by atoms with van der Waals surface area (Å²) in [5.41, 5.74) is 2.30. The third-order valence-electron chi connectivity index (χ3n) is 4.01. The summed E-state index contributed by atoms with van der Waals surface area (Å²) >= 11 is 0. The van der Waals surface area contributed by atoms with Crippen LogP contribution in [0.4, 0.5) is 0 Å². The minimum Gasteiger partial charge on any atom is -0.388 e. The van der Waals surface area contributed by atoms with Crippen LogP contribution in [0.15, 0.2) is 24.3 Å². The zero-order valence-electron chi connectivity index (χ0n) is 12.3. The second kappa shape index (κ2) is 7.06. The molecule has 1 fully saturated rings. The molecule has 0 aliphatic heterocycles. The number of nitrogens with zero attached hydrogens (tertiary/aromatic N) is 1. The zero-order chi connectivity index (χ0) is 13.7. The van der Waals surface area contributed by atoms with Gasteiger partial charge in [0.1, 0.15) is 0 Å². The third kappa shape index (κ3) is 4.63. The first kappa shape index (κ1) is 14.5. The fourth-order valence-corrected chi connectivity index (χ4v) is 2.52. The average molecular weight is 261 g/mol. The summed E-state index contributed by atoms with van der Waals surface area (Å²) < 4.78 is 0. The Morgan fingerprint density at radius 2 is 1.89 bits per heavy atom. The summed E-state index contributed by atoms with van der Waals surface area (Å²) in [5.74, 6) is 0. The number of hydrogen-bond donors (Lipinski definition) is 1. The molecule has 0 radical (unpaired) electrons. The Morgan fingerprint density at radius 1 is 1.21 bits per heavy atom. The SMILES string of the molecule is CCCCN(CCC(O)c1ccc(C)cc1)C1CC1. The van der Waals surface area contributed by atoms with E-state index >= 15 is 0 Å². The van der Waals surface area contributed by atoms with Crippen molar-refractivity contribution in [2.45, 2.75) is 58.1 Å². The van der Waals surface area contributed by atoms with Crippen LogP contribution in [0.25, 0.3) is 0 Å². The zero-order valence-corrected chi connectivity index (χ0v) is 12.3. The Balaban J connectivity index is 1.80. The summed E-state index contributed by atoms with van der Waals surface area (Å²) in [6, 6.07) is 9.06. The van der Waals surface area contributed by atoms with E-state index < -0.39 is 0 Å². The molecule has 1 aliphatic rings. The predicted molar refractivity (Wildman–Crippen MR) is 80.3 cm³/mol. The molecule has 1 N–H and O–H groups in total. The van der Waals surface area contributed by atoms with Gasteiger partial charge in [0.25, 0.3) is 0 Å². The second-order valence-electron chi connectivity index (χ2n) is 5.84. The van der Waals surface area contributed by atoms with E-state index in [4.69, 9.17) is 0 Å². The van der Waals surface area contributed by atoms with Gasteiger partial charge >= 0.3 is 0 Å². The fourth-order valence-electron chi connectivity index (χ4n) is 2.52. The van der Waals surface area contributed by atoms with Crippen molar-refractivity contribution in [3.8, 4) is 0 Å². The molecule has 0 saturated heterocycles. The molecule has 2 nitrogen and oxygen atoms in total. The van der Waals surface area contributed by atoms with Gasteiger partial charge in [-0.15, -0.1) is 0 Å². The van der Waals surface area contributed by atoms with Crippen molar-refractivity contribution >= 4 is 0 Å². The summed E-state index contributed by atoms with van der Waals surface area (Å²) in [6.45, 7) is 6.55. The van der Waals surface area contributed by atoms with Crippen LogP contribution >= 0.6 is 0 Å². The van der Waals surface area contributed by atoms with E-state index in [-0.39, 0.29) is 6.10 Å². The molecule has 0 heterocycles. The van der Waals surface area contributed by atoms with Gasteiger partial charge in [-0.2, -0.15) is 0 Å². The highest BCUT2D eigenvalue weighted by atomic mass is 16.3. The van der Waals surface area contributed by atoms with Gasteiger partial charge < -0.3 is 10.0 Å². The van der Waals surface area contributed by atoms with Crippen molar-refractivity contribution in [1.29, 1.82) is 0 Å². The molecule has 0 bridgehead atoms. The lowest BCUT2D eigenvalue weighted by molar-refractivity contribution is 0.138. The minimum atomic E-state index is -0.316. The number of hydrogen-bond acceptors (Lipinski definition) is 2. The molecule has 19 heavy (non-hydrogen) atoms. The standard InChI is InChI=1S/C17H27NO/c1-3-4-12-18(16-9-10-16)13-11-17(19)15-7-5-14(2)6-8-15/h5-8,16-17,19H,3-4,9-13H2,1-2H3. The van der Waals surface area contributed by atoms with E-state index in [9.17, 15) is 5.11 Å². The van der Waals surface area contributed by atoms with Crippen molar-refractivity contribution < 1.29 is 5.11 Å². The lowest BCUT2D eigenvalue weighted by Crippen LogP contribution is -2.29. The van der Waals surface area contributed by atoms with Gasteiger partial charge in [-0.3, -0.25) is 0 Å². The molecule has 106 valence electrons. The van der Waals surface area contributed by atoms with E-state index in [1.54, 1.807) is 0 Å². The molecule has 1 unspecified atom stereocenters. The molecule has 1 saturated carbocycles. The molecule has 1 atom stereocenters. The summed E-state index contributed by atoms with van der Waals surface area (Å²) in [7, 11) is 0. The predicted octanol–water partition coefficient (Wildman–Crippen LogP) is 3.68. The lowest BCUT2D eigenvalue weighted by atomic mass is 10.0. The van der Waals surface area contributed by atoms with E-state index in [1.807, 2.05) is 12.1 Å². The normalized spacial score (nSPS) is 16.8. The molecular weight excluding hydrogens is 234 g/mol. The summed E-state index contributed by atoms with van der Waals surface area (Å²) in [6.07, 6.45) is 5.77. The number of aryl methyl sites for hydroxylation is 1. The molecule has 1 aromatic rings. The maximum atomic E-state index is 10.3. The van der Waals surface area contributed by atoms with Crippen molar-refractivity contribution in [3.63, 3.8) is 0 Å². The van der Waals surface area contributed by atoms with E-state index in [1.165, 1.54) is 37.8 Å². The Bertz CT molecular complexity index is 369. The number of aliphatic hydroxyl groups excluding tert-OH is 1. The Morgan fingerprint density at radius 3 is 2.47 bits per heavy atom. The maximum absolute atomic E-state index is 10.3. The van der Waals surface area contributed by atoms with Crippen LogP contribution in [0.3, 0.4) is 0 Å². The number of benzene rings is 1. The molecule has 2 rings (SSSR count). The summed E-state index contributed by atoms with van der Waals surface area (Å²) in [4.78, 5) is 2.57. The second-order valence-corrected chi connectivity index (χ2v) is 5.84. The minimum absolute atomic E-state index is 0.316. The first-order valence-corrected chi connectivity index (χ1v) is 7.69. The van der Waals surface area contributed by atoms with Crippen molar-refractivity contribution in [3.05, 3.63) is 35.4 Å². The first-order chi connectivity index (χ1) is 9.20. The van der Waals surface area contributed by atoms with Gasteiger partial charge in [-0.25, -0.2) is 0 Å². The van der Waals surface area contributed by atoms with Crippen molar-refractivity contribution in [2.24, 2.45) is 0 Å². The highest BCUT2D eigenvalue weighted by Crippen LogP contribution is 2.28. The highest BCUT2D eigenvalue weighted by molar-refractivity contribution is 5.23. The number of aliphatic hydroxyl groups is 1. The Labute approximate surface area is 117 Å². The van der Waals surface area contributed by atoms with Gasteiger partial charge in [0.15, 0.2) is 0 Å². The topological polar surface area (TPSA) is 23.5 Å². The molecular formula is C17H27NO. The number of unbranched alkanes of at least 4 members (excludes halogenated alkanes) is 1. The number of rotatable bonds is 8. The van der Waals surface area contributed by atoms with Crippen LogP contribution in [-0.2, 0) is 0 Å². The smallest absolute Gasteiger partial charge is 0.0802 e. The summed E-state index contributed by atoms with van der Waals surface area (Å²) in [5, 5.41) is 10.3. The van der Waals surface area contributed by atoms with Crippen LogP contribution in [0, 0.1) is 6.92 Å². The first-order valence-electron chi connectivity index (χ1n) is 7.69. The molecule has 0 spiro atoms. The van der Waals surface area contributed by atoms with E-state index in [2.05, 4.69) is 30.9 Å². The van der Waals surface area contributed by atoms with Gasteiger partial charge in [0.05, 0.1) is 6.10 Å². The van der Waals surface area contributed by atoms with Crippen LogP contribution < -0.4 is 0 Å². The molecule has 0 aromatic heterocycles. The maximum Gasteiger partial charge on any atom is 0.0802 e. The Hall–Kier alpha value is -0.860. The van der Waals surface area contributed by atoms with Crippen LogP contribution in [-0.4, -0.2) is 29.1 Å². The lowest BCUT2D eigenvalue weighted by Gasteiger charge is -2.23. The van der Waals surface area contributed by atoms with Gasteiger partial charge in [-0.05, 0) is 44.7 Å². The molecule has 0 amide bonds. The molecule has 1 aromatic carbocycles. The molecule has 2 heteroatoms. The van der Waals surface area contributed by atoms with Gasteiger partial charge in [0.2, 0.25) is 0 Å². The third-order valence-corrected chi connectivity index (χ3v) is 4.01. The van der Waals surface area contributed by atoms with Crippen LogP contribution in [0.1, 0.15) is 56.3 Å². The average Bonchev–Trinajstić information content (AvgIpc) is 3.24. The fraction of sp³-hybridized carbons (Fsp3) is 0.647. The van der Waals surface area contributed by atoms with Gasteiger partial charge in [-0.1, -0.05) is 43.2 Å². The Kier molecular flexibility index (Phi) is 5.41. The monoisotopic (exact) mass is 261 g/mol. The highest BCUT2D eigenvalue weighted by Gasteiger charge is 2.28.